The minimum atomic E-state index is -0.0218. The molecule has 94 valence electrons. The third-order valence-electron chi connectivity index (χ3n) is 2.88. The number of aromatic amines is 1. The lowest BCUT2D eigenvalue weighted by atomic mass is 10.1. The first kappa shape index (κ1) is 12.4. The topological polar surface area (TPSA) is 57.8 Å². The van der Waals surface area contributed by atoms with Gasteiger partial charge in [0.05, 0.1) is 23.5 Å². The number of carbonyl (C=O) groups is 1. The van der Waals surface area contributed by atoms with Crippen molar-refractivity contribution in [1.29, 1.82) is 0 Å². The first-order valence-corrected chi connectivity index (χ1v) is 5.93. The number of hydrogen-bond donors (Lipinski definition) is 2. The minimum absolute atomic E-state index is 0.0218. The van der Waals surface area contributed by atoms with Crippen LogP contribution in [0.1, 0.15) is 22.5 Å². The normalized spacial score (nSPS) is 10.4. The zero-order valence-corrected chi connectivity index (χ0v) is 10.9. The molecule has 4 heteroatoms. The lowest BCUT2D eigenvalue weighted by Gasteiger charge is -2.05. The van der Waals surface area contributed by atoms with Gasteiger partial charge in [0.25, 0.3) is 0 Å². The number of anilines is 1. The van der Waals surface area contributed by atoms with E-state index in [1.165, 1.54) is 5.56 Å². The summed E-state index contributed by atoms with van der Waals surface area (Å²) in [5, 5.41) is 9.79. The molecule has 0 aliphatic carbocycles. The maximum absolute atomic E-state index is 11.9. The zero-order chi connectivity index (χ0) is 13.1. The second-order valence-electron chi connectivity index (χ2n) is 4.52. The van der Waals surface area contributed by atoms with Gasteiger partial charge in [-0.25, -0.2) is 0 Å². The van der Waals surface area contributed by atoms with Crippen LogP contribution in [0, 0.1) is 20.8 Å². The molecule has 1 aromatic heterocycles. The molecular formula is C14H17N3O. The highest BCUT2D eigenvalue weighted by Gasteiger charge is 2.10. The highest BCUT2D eigenvalue weighted by molar-refractivity contribution is 5.93. The molecule has 2 aromatic rings. The molecule has 2 N–H and O–H groups in total. The van der Waals surface area contributed by atoms with Crippen molar-refractivity contribution in [3.8, 4) is 0 Å². The van der Waals surface area contributed by atoms with Crippen LogP contribution >= 0.6 is 0 Å². The molecule has 2 rings (SSSR count). The molecule has 0 fully saturated rings. The Morgan fingerprint density at radius 3 is 2.44 bits per heavy atom. The number of carbonyl (C=O) groups excluding carboxylic acids is 1. The minimum Gasteiger partial charge on any atom is -0.323 e. The zero-order valence-electron chi connectivity index (χ0n) is 10.9. The Morgan fingerprint density at radius 2 is 1.89 bits per heavy atom. The molecule has 1 heterocycles. The summed E-state index contributed by atoms with van der Waals surface area (Å²) in [5.41, 5.74) is 4.68. The average molecular weight is 243 g/mol. The van der Waals surface area contributed by atoms with E-state index in [0.29, 0.717) is 6.42 Å². The molecule has 18 heavy (non-hydrogen) atoms. The average Bonchev–Trinajstić information content (AvgIpc) is 2.64. The van der Waals surface area contributed by atoms with E-state index in [1.807, 2.05) is 45.0 Å². The highest BCUT2D eigenvalue weighted by atomic mass is 16.1. The van der Waals surface area contributed by atoms with E-state index in [1.54, 1.807) is 0 Å². The number of nitrogens with one attached hydrogen (secondary N) is 2. The maximum Gasteiger partial charge on any atom is 0.228 e. The largest absolute Gasteiger partial charge is 0.323 e. The molecule has 0 saturated heterocycles. The van der Waals surface area contributed by atoms with Crippen LogP contribution in [0.25, 0.3) is 0 Å². The molecule has 1 amide bonds. The van der Waals surface area contributed by atoms with Gasteiger partial charge in [-0.2, -0.15) is 5.10 Å². The number of H-pyrrole nitrogens is 1. The molecular weight excluding hydrogens is 226 g/mol. The van der Waals surface area contributed by atoms with E-state index in [4.69, 9.17) is 0 Å². The van der Waals surface area contributed by atoms with Gasteiger partial charge >= 0.3 is 0 Å². The Bertz CT molecular complexity index is 535. The number of nitrogens with zero attached hydrogens (tertiary/aromatic N) is 1. The highest BCUT2D eigenvalue weighted by Crippen LogP contribution is 2.16. The van der Waals surface area contributed by atoms with Crippen LogP contribution in [0.2, 0.25) is 0 Å². The van der Waals surface area contributed by atoms with Crippen molar-refractivity contribution in [1.82, 2.24) is 10.2 Å². The fourth-order valence-electron chi connectivity index (χ4n) is 1.81. The first-order valence-electron chi connectivity index (χ1n) is 5.93. The molecule has 4 nitrogen and oxygen atoms in total. The predicted octanol–water partition coefficient (Wildman–Crippen LogP) is 2.52. The van der Waals surface area contributed by atoms with E-state index < -0.39 is 0 Å². The van der Waals surface area contributed by atoms with Gasteiger partial charge in [-0.15, -0.1) is 0 Å². The van der Waals surface area contributed by atoms with Gasteiger partial charge < -0.3 is 5.32 Å². The lowest BCUT2D eigenvalue weighted by molar-refractivity contribution is -0.115. The lowest BCUT2D eigenvalue weighted by Crippen LogP contribution is -2.15. The van der Waals surface area contributed by atoms with Gasteiger partial charge in [-0.05, 0) is 26.3 Å². The number of amides is 1. The smallest absolute Gasteiger partial charge is 0.228 e. The Kier molecular flexibility index (Phi) is 3.46. The summed E-state index contributed by atoms with van der Waals surface area (Å²) in [4.78, 5) is 11.9. The summed E-state index contributed by atoms with van der Waals surface area (Å²) in [6, 6.07) is 7.97. The first-order chi connectivity index (χ1) is 8.56. The van der Waals surface area contributed by atoms with Crippen LogP contribution < -0.4 is 5.32 Å². The molecule has 0 aliphatic heterocycles. The van der Waals surface area contributed by atoms with E-state index in [0.717, 1.165) is 22.6 Å². The van der Waals surface area contributed by atoms with Gasteiger partial charge in [0.1, 0.15) is 0 Å². The van der Waals surface area contributed by atoms with E-state index in [2.05, 4.69) is 15.5 Å². The SMILES string of the molecule is Cc1ccc(CC(=O)Nc2c(C)n[nH]c2C)cc1. The maximum atomic E-state index is 11.9. The number of rotatable bonds is 3. The standard InChI is InChI=1S/C14H17N3O/c1-9-4-6-12(7-5-9)8-13(18)15-14-10(2)16-17-11(14)3/h4-7H,8H2,1-3H3,(H,15,18)(H,16,17). The molecule has 1 aromatic carbocycles. The molecule has 0 saturated carbocycles. The molecule has 0 spiro atoms. The summed E-state index contributed by atoms with van der Waals surface area (Å²) in [6.45, 7) is 5.79. The van der Waals surface area contributed by atoms with Crippen LogP contribution in [-0.2, 0) is 11.2 Å². The third kappa shape index (κ3) is 2.77. The van der Waals surface area contributed by atoms with Crippen molar-refractivity contribution < 1.29 is 4.79 Å². The van der Waals surface area contributed by atoms with Crippen molar-refractivity contribution in [3.63, 3.8) is 0 Å². The summed E-state index contributed by atoms with van der Waals surface area (Å²) in [6.07, 6.45) is 0.379. The van der Waals surface area contributed by atoms with Gasteiger partial charge in [0.15, 0.2) is 0 Å². The Balaban J connectivity index is 2.03. The van der Waals surface area contributed by atoms with E-state index >= 15 is 0 Å². The fourth-order valence-corrected chi connectivity index (χ4v) is 1.81. The third-order valence-corrected chi connectivity index (χ3v) is 2.88. The molecule has 0 bridgehead atoms. The quantitative estimate of drug-likeness (QED) is 0.870. The molecule has 0 atom stereocenters. The number of benzene rings is 1. The monoisotopic (exact) mass is 243 g/mol. The van der Waals surface area contributed by atoms with Crippen LogP contribution in [-0.4, -0.2) is 16.1 Å². The van der Waals surface area contributed by atoms with E-state index in [-0.39, 0.29) is 5.91 Å². The van der Waals surface area contributed by atoms with Crippen molar-refractivity contribution in [2.24, 2.45) is 0 Å². The number of aromatic nitrogens is 2. The number of aryl methyl sites for hydroxylation is 3. The molecule has 0 radical (unpaired) electrons. The van der Waals surface area contributed by atoms with Gasteiger partial charge in [-0.1, -0.05) is 29.8 Å². The van der Waals surface area contributed by atoms with Crippen molar-refractivity contribution in [3.05, 3.63) is 46.8 Å². The van der Waals surface area contributed by atoms with Crippen LogP contribution in [0.3, 0.4) is 0 Å². The van der Waals surface area contributed by atoms with Crippen molar-refractivity contribution >= 4 is 11.6 Å². The van der Waals surface area contributed by atoms with Crippen molar-refractivity contribution in [2.45, 2.75) is 27.2 Å². The summed E-state index contributed by atoms with van der Waals surface area (Å²) in [5.74, 6) is -0.0218. The van der Waals surface area contributed by atoms with Crippen LogP contribution in [0.4, 0.5) is 5.69 Å². The number of hydrogen-bond acceptors (Lipinski definition) is 2. The Hall–Kier alpha value is -2.10. The van der Waals surface area contributed by atoms with Crippen molar-refractivity contribution in [2.75, 3.05) is 5.32 Å². The summed E-state index contributed by atoms with van der Waals surface area (Å²) in [7, 11) is 0. The summed E-state index contributed by atoms with van der Waals surface area (Å²) < 4.78 is 0. The molecule has 0 aliphatic rings. The predicted molar refractivity (Wildman–Crippen MR) is 71.6 cm³/mol. The second-order valence-corrected chi connectivity index (χ2v) is 4.52. The van der Waals surface area contributed by atoms with E-state index in [9.17, 15) is 4.79 Å². The second kappa shape index (κ2) is 5.04. The van der Waals surface area contributed by atoms with Gasteiger partial charge in [-0.3, -0.25) is 9.89 Å². The Morgan fingerprint density at radius 1 is 1.22 bits per heavy atom. The van der Waals surface area contributed by atoms with Crippen LogP contribution in [0.15, 0.2) is 24.3 Å². The summed E-state index contributed by atoms with van der Waals surface area (Å²) >= 11 is 0. The Labute approximate surface area is 106 Å². The van der Waals surface area contributed by atoms with Gasteiger partial charge in [0.2, 0.25) is 5.91 Å². The van der Waals surface area contributed by atoms with Crippen LogP contribution in [0.5, 0.6) is 0 Å². The molecule has 0 unspecified atom stereocenters. The van der Waals surface area contributed by atoms with Gasteiger partial charge in [0, 0.05) is 0 Å². The fraction of sp³-hybridized carbons (Fsp3) is 0.286.